The smallest absolute Gasteiger partial charge is 0.416 e. The van der Waals surface area contributed by atoms with Crippen LogP contribution in [0.5, 0.6) is 11.5 Å². The standard InChI is InChI=1S/C21H25F3N2O3/c1-14(20(27)25-17-8-6-16(7-9-17)21(22,23)24)26(2)12-11-15-5-10-18(28-3)19(13-15)29-4/h5-10,13-14H,11-12H2,1-4H3,(H,25,27)/t14-/m1/s1. The second-order valence-corrected chi connectivity index (χ2v) is 6.66. The van der Waals surface area contributed by atoms with E-state index in [0.29, 0.717) is 30.2 Å². The summed E-state index contributed by atoms with van der Waals surface area (Å²) < 4.78 is 48.4. The van der Waals surface area contributed by atoms with E-state index < -0.39 is 17.8 Å². The quantitative estimate of drug-likeness (QED) is 0.708. The second-order valence-electron chi connectivity index (χ2n) is 6.66. The Kier molecular flexibility index (Phi) is 7.50. The van der Waals surface area contributed by atoms with Crippen molar-refractivity contribution in [3.8, 4) is 11.5 Å². The maximum absolute atomic E-state index is 12.6. The van der Waals surface area contributed by atoms with Gasteiger partial charge in [-0.25, -0.2) is 0 Å². The van der Waals surface area contributed by atoms with Gasteiger partial charge in [0, 0.05) is 12.2 Å². The molecule has 158 valence electrons. The van der Waals surface area contributed by atoms with E-state index in [4.69, 9.17) is 9.47 Å². The van der Waals surface area contributed by atoms with Gasteiger partial charge < -0.3 is 14.8 Å². The third-order valence-electron chi connectivity index (χ3n) is 4.72. The van der Waals surface area contributed by atoms with Crippen LogP contribution in [0.25, 0.3) is 0 Å². The molecule has 5 nitrogen and oxygen atoms in total. The molecule has 1 N–H and O–H groups in total. The van der Waals surface area contributed by atoms with Gasteiger partial charge in [0.1, 0.15) is 0 Å². The highest BCUT2D eigenvalue weighted by Crippen LogP contribution is 2.30. The van der Waals surface area contributed by atoms with E-state index in [0.717, 1.165) is 17.7 Å². The zero-order valence-electron chi connectivity index (χ0n) is 16.8. The summed E-state index contributed by atoms with van der Waals surface area (Å²) >= 11 is 0. The van der Waals surface area contributed by atoms with Gasteiger partial charge in [0.15, 0.2) is 11.5 Å². The Hall–Kier alpha value is -2.74. The van der Waals surface area contributed by atoms with Crippen LogP contribution < -0.4 is 14.8 Å². The van der Waals surface area contributed by atoms with Crippen LogP contribution in [0, 0.1) is 0 Å². The number of likely N-dealkylation sites (N-methyl/N-ethyl adjacent to an activating group) is 1. The summed E-state index contributed by atoms with van der Waals surface area (Å²) in [6, 6.07) is 9.57. The minimum Gasteiger partial charge on any atom is -0.493 e. The number of methoxy groups -OCH3 is 2. The zero-order chi connectivity index (χ0) is 21.6. The zero-order valence-corrected chi connectivity index (χ0v) is 16.8. The van der Waals surface area contributed by atoms with E-state index in [1.807, 2.05) is 30.1 Å². The fourth-order valence-corrected chi connectivity index (χ4v) is 2.72. The van der Waals surface area contributed by atoms with Gasteiger partial charge in [-0.05, 0) is 62.4 Å². The highest BCUT2D eigenvalue weighted by atomic mass is 19.4. The van der Waals surface area contributed by atoms with Crippen molar-refractivity contribution in [2.24, 2.45) is 0 Å². The van der Waals surface area contributed by atoms with E-state index in [-0.39, 0.29) is 5.91 Å². The third kappa shape index (κ3) is 6.12. The minimum atomic E-state index is -4.40. The fraction of sp³-hybridized carbons (Fsp3) is 0.381. The highest BCUT2D eigenvalue weighted by molar-refractivity contribution is 5.94. The first-order chi connectivity index (χ1) is 13.7. The average Bonchev–Trinajstić information content (AvgIpc) is 2.70. The van der Waals surface area contributed by atoms with Crippen molar-refractivity contribution >= 4 is 11.6 Å². The number of hydrogen-bond donors (Lipinski definition) is 1. The first-order valence-corrected chi connectivity index (χ1v) is 9.05. The third-order valence-corrected chi connectivity index (χ3v) is 4.72. The lowest BCUT2D eigenvalue weighted by Crippen LogP contribution is -2.40. The van der Waals surface area contributed by atoms with Gasteiger partial charge in [-0.2, -0.15) is 13.2 Å². The van der Waals surface area contributed by atoms with Crippen molar-refractivity contribution in [1.29, 1.82) is 0 Å². The van der Waals surface area contributed by atoms with Crippen molar-refractivity contribution in [3.63, 3.8) is 0 Å². The minimum absolute atomic E-state index is 0.292. The van der Waals surface area contributed by atoms with Gasteiger partial charge in [0.2, 0.25) is 5.91 Å². The van der Waals surface area contributed by atoms with Crippen molar-refractivity contribution < 1.29 is 27.4 Å². The van der Waals surface area contributed by atoms with Gasteiger partial charge in [-0.15, -0.1) is 0 Å². The first kappa shape index (κ1) is 22.5. The Morgan fingerprint density at radius 3 is 2.24 bits per heavy atom. The molecular formula is C21H25F3N2O3. The Balaban J connectivity index is 1.92. The summed E-state index contributed by atoms with van der Waals surface area (Å²) in [6.45, 7) is 2.35. The molecule has 0 fully saturated rings. The van der Waals surface area contributed by atoms with E-state index >= 15 is 0 Å². The van der Waals surface area contributed by atoms with Crippen LogP contribution in [-0.4, -0.2) is 44.7 Å². The molecule has 0 aliphatic heterocycles. The number of carbonyl (C=O) groups is 1. The molecule has 0 unspecified atom stereocenters. The molecule has 2 rings (SSSR count). The predicted octanol–water partition coefficient (Wildman–Crippen LogP) is 4.22. The largest absolute Gasteiger partial charge is 0.493 e. The molecule has 0 radical (unpaired) electrons. The number of hydrogen-bond acceptors (Lipinski definition) is 4. The molecule has 8 heteroatoms. The molecule has 0 saturated carbocycles. The average molecular weight is 410 g/mol. The van der Waals surface area contributed by atoms with Crippen LogP contribution in [-0.2, 0) is 17.4 Å². The molecule has 0 bridgehead atoms. The normalized spacial score (nSPS) is 12.6. The van der Waals surface area contributed by atoms with Crippen LogP contribution in [0.15, 0.2) is 42.5 Å². The van der Waals surface area contributed by atoms with E-state index in [9.17, 15) is 18.0 Å². The van der Waals surface area contributed by atoms with Crippen LogP contribution >= 0.6 is 0 Å². The summed E-state index contributed by atoms with van der Waals surface area (Å²) in [5, 5.41) is 2.65. The molecule has 0 saturated heterocycles. The van der Waals surface area contributed by atoms with Gasteiger partial charge in [0.25, 0.3) is 0 Å². The number of nitrogens with one attached hydrogen (secondary N) is 1. The van der Waals surface area contributed by atoms with E-state index in [1.54, 1.807) is 21.1 Å². The Morgan fingerprint density at radius 2 is 1.69 bits per heavy atom. The maximum atomic E-state index is 12.6. The first-order valence-electron chi connectivity index (χ1n) is 9.05. The number of ether oxygens (including phenoxy) is 2. The molecule has 0 heterocycles. The maximum Gasteiger partial charge on any atom is 0.416 e. The molecule has 0 aliphatic rings. The predicted molar refractivity (Wildman–Crippen MR) is 105 cm³/mol. The number of nitrogens with zero attached hydrogens (tertiary/aromatic N) is 1. The number of carbonyl (C=O) groups excluding carboxylic acids is 1. The number of rotatable bonds is 8. The van der Waals surface area contributed by atoms with Crippen LogP contribution in [0.2, 0.25) is 0 Å². The van der Waals surface area contributed by atoms with E-state index in [2.05, 4.69) is 5.32 Å². The summed E-state index contributed by atoms with van der Waals surface area (Å²) in [6.07, 6.45) is -3.71. The Bertz CT molecular complexity index is 823. The van der Waals surface area contributed by atoms with E-state index in [1.165, 1.54) is 12.1 Å². The molecule has 0 spiro atoms. The second kappa shape index (κ2) is 9.65. The number of anilines is 1. The lowest BCUT2D eigenvalue weighted by molar-refractivity contribution is -0.137. The molecule has 1 atom stereocenters. The SMILES string of the molecule is COc1ccc(CCN(C)[C@H](C)C(=O)Nc2ccc(C(F)(F)F)cc2)cc1OC. The Morgan fingerprint density at radius 1 is 1.07 bits per heavy atom. The lowest BCUT2D eigenvalue weighted by atomic mass is 10.1. The highest BCUT2D eigenvalue weighted by Gasteiger charge is 2.30. The fourth-order valence-electron chi connectivity index (χ4n) is 2.72. The van der Waals surface area contributed by atoms with Crippen molar-refractivity contribution in [1.82, 2.24) is 4.90 Å². The molecule has 0 aromatic heterocycles. The van der Waals surface area contributed by atoms with Gasteiger partial charge >= 0.3 is 6.18 Å². The number of halogens is 3. The number of benzene rings is 2. The van der Waals surface area contributed by atoms with Crippen molar-refractivity contribution in [2.45, 2.75) is 25.6 Å². The van der Waals surface area contributed by atoms with Crippen LogP contribution in [0.4, 0.5) is 18.9 Å². The summed E-state index contributed by atoms with van der Waals surface area (Å²) in [4.78, 5) is 14.3. The van der Waals surface area contributed by atoms with Gasteiger partial charge in [-0.1, -0.05) is 6.07 Å². The van der Waals surface area contributed by atoms with Crippen LogP contribution in [0.1, 0.15) is 18.1 Å². The molecular weight excluding hydrogens is 385 g/mol. The molecule has 1 amide bonds. The van der Waals surface area contributed by atoms with Gasteiger partial charge in [0.05, 0.1) is 25.8 Å². The summed E-state index contributed by atoms with van der Waals surface area (Å²) in [5.41, 5.74) is 0.601. The summed E-state index contributed by atoms with van der Waals surface area (Å²) in [5.74, 6) is 0.995. The molecule has 0 aliphatic carbocycles. The molecule has 2 aromatic rings. The Labute approximate surface area is 168 Å². The lowest BCUT2D eigenvalue weighted by Gasteiger charge is -2.24. The van der Waals surface area contributed by atoms with Gasteiger partial charge in [-0.3, -0.25) is 9.69 Å². The molecule has 29 heavy (non-hydrogen) atoms. The van der Waals surface area contributed by atoms with Crippen molar-refractivity contribution in [3.05, 3.63) is 53.6 Å². The summed E-state index contributed by atoms with van der Waals surface area (Å²) in [7, 11) is 4.96. The number of alkyl halides is 3. The topological polar surface area (TPSA) is 50.8 Å². The number of amides is 1. The molecule has 2 aromatic carbocycles. The van der Waals surface area contributed by atoms with Crippen molar-refractivity contribution in [2.75, 3.05) is 33.1 Å². The monoisotopic (exact) mass is 410 g/mol. The van der Waals surface area contributed by atoms with Crippen LogP contribution in [0.3, 0.4) is 0 Å².